The van der Waals surface area contributed by atoms with Crippen molar-refractivity contribution >= 4 is 0 Å². The molecule has 0 aliphatic carbocycles. The molecule has 0 aromatic heterocycles. The molecule has 0 spiro atoms. The molecule has 3 nitrogen and oxygen atoms in total. The van der Waals surface area contributed by atoms with E-state index in [1.807, 2.05) is 25.1 Å². The predicted octanol–water partition coefficient (Wildman–Crippen LogP) is 2.94. The average molecular weight is 249 g/mol. The Kier molecular flexibility index (Phi) is 6.47. The number of benzene rings is 1. The van der Waals surface area contributed by atoms with Gasteiger partial charge in [-0.2, -0.15) is 0 Å². The minimum absolute atomic E-state index is 0.245. The standard InChI is InChI=1S/C15H23NO2/c1-12(2)11-18-10-9-16-13(3)14-7-5-6-8-15(14)17-4/h5-8,13,16H,1,9-11H2,2-4H3. The van der Waals surface area contributed by atoms with Gasteiger partial charge in [-0.05, 0) is 19.9 Å². The molecule has 100 valence electrons. The first-order valence-electron chi connectivity index (χ1n) is 6.23. The lowest BCUT2D eigenvalue weighted by atomic mass is 10.1. The Morgan fingerprint density at radius 2 is 2.11 bits per heavy atom. The highest BCUT2D eigenvalue weighted by atomic mass is 16.5. The Morgan fingerprint density at radius 1 is 1.39 bits per heavy atom. The van der Waals surface area contributed by atoms with Gasteiger partial charge in [0.15, 0.2) is 0 Å². The number of para-hydroxylation sites is 1. The van der Waals surface area contributed by atoms with Crippen molar-refractivity contribution in [1.29, 1.82) is 0 Å². The zero-order chi connectivity index (χ0) is 13.4. The van der Waals surface area contributed by atoms with Gasteiger partial charge in [-0.25, -0.2) is 0 Å². The van der Waals surface area contributed by atoms with Crippen LogP contribution in [0.4, 0.5) is 0 Å². The fourth-order valence-electron chi connectivity index (χ4n) is 1.73. The molecule has 1 aromatic carbocycles. The van der Waals surface area contributed by atoms with Gasteiger partial charge in [-0.3, -0.25) is 0 Å². The minimum atomic E-state index is 0.245. The monoisotopic (exact) mass is 249 g/mol. The van der Waals surface area contributed by atoms with E-state index in [0.717, 1.165) is 17.9 Å². The summed E-state index contributed by atoms with van der Waals surface area (Å²) in [4.78, 5) is 0. The number of hydrogen-bond acceptors (Lipinski definition) is 3. The van der Waals surface area contributed by atoms with Gasteiger partial charge in [0.25, 0.3) is 0 Å². The van der Waals surface area contributed by atoms with Crippen molar-refractivity contribution in [3.05, 3.63) is 42.0 Å². The first kappa shape index (κ1) is 14.7. The Labute approximate surface area is 110 Å². The second kappa shape index (κ2) is 7.90. The Hall–Kier alpha value is -1.32. The van der Waals surface area contributed by atoms with Crippen LogP contribution in [0.5, 0.6) is 5.75 Å². The molecule has 0 heterocycles. The van der Waals surface area contributed by atoms with Crippen LogP contribution in [0.25, 0.3) is 0 Å². The molecule has 1 aromatic rings. The lowest BCUT2D eigenvalue weighted by Crippen LogP contribution is -2.23. The lowest BCUT2D eigenvalue weighted by Gasteiger charge is -2.17. The molecule has 1 rings (SSSR count). The smallest absolute Gasteiger partial charge is 0.123 e. The van der Waals surface area contributed by atoms with Crippen LogP contribution in [0.2, 0.25) is 0 Å². The molecular formula is C15H23NO2. The van der Waals surface area contributed by atoms with Crippen molar-refractivity contribution in [2.75, 3.05) is 26.9 Å². The second-order valence-corrected chi connectivity index (χ2v) is 4.43. The molecule has 1 atom stereocenters. The van der Waals surface area contributed by atoms with Crippen LogP contribution in [-0.2, 0) is 4.74 Å². The molecule has 0 aliphatic heterocycles. The van der Waals surface area contributed by atoms with E-state index in [1.54, 1.807) is 7.11 Å². The SMILES string of the molecule is C=C(C)COCCNC(C)c1ccccc1OC. The first-order valence-corrected chi connectivity index (χ1v) is 6.23. The Bertz CT molecular complexity index is 377. The Morgan fingerprint density at radius 3 is 2.78 bits per heavy atom. The second-order valence-electron chi connectivity index (χ2n) is 4.43. The van der Waals surface area contributed by atoms with E-state index in [4.69, 9.17) is 9.47 Å². The maximum atomic E-state index is 5.44. The molecule has 0 radical (unpaired) electrons. The molecule has 0 saturated heterocycles. The number of nitrogens with one attached hydrogen (secondary N) is 1. The molecule has 0 fully saturated rings. The molecule has 0 amide bonds. The minimum Gasteiger partial charge on any atom is -0.496 e. The summed E-state index contributed by atoms with van der Waals surface area (Å²) in [5.74, 6) is 0.917. The van der Waals surface area contributed by atoms with Gasteiger partial charge in [0.2, 0.25) is 0 Å². The van der Waals surface area contributed by atoms with Gasteiger partial charge < -0.3 is 14.8 Å². The largest absolute Gasteiger partial charge is 0.496 e. The molecule has 0 aliphatic rings. The molecule has 1 unspecified atom stereocenters. The summed E-state index contributed by atoms with van der Waals surface area (Å²) < 4.78 is 10.8. The topological polar surface area (TPSA) is 30.5 Å². The van der Waals surface area contributed by atoms with Crippen molar-refractivity contribution < 1.29 is 9.47 Å². The third-order valence-corrected chi connectivity index (χ3v) is 2.65. The molecule has 0 bridgehead atoms. The number of hydrogen-bond donors (Lipinski definition) is 1. The van der Waals surface area contributed by atoms with E-state index >= 15 is 0 Å². The highest BCUT2D eigenvalue weighted by Crippen LogP contribution is 2.23. The zero-order valence-corrected chi connectivity index (χ0v) is 11.5. The summed E-state index contributed by atoms with van der Waals surface area (Å²) in [5.41, 5.74) is 2.22. The third-order valence-electron chi connectivity index (χ3n) is 2.65. The van der Waals surface area contributed by atoms with Crippen molar-refractivity contribution in [3.63, 3.8) is 0 Å². The normalized spacial score (nSPS) is 12.2. The van der Waals surface area contributed by atoms with Crippen LogP contribution >= 0.6 is 0 Å². The van der Waals surface area contributed by atoms with Crippen molar-refractivity contribution in [1.82, 2.24) is 5.32 Å². The van der Waals surface area contributed by atoms with Gasteiger partial charge in [-0.15, -0.1) is 0 Å². The van der Waals surface area contributed by atoms with Crippen LogP contribution in [0.1, 0.15) is 25.5 Å². The summed E-state index contributed by atoms with van der Waals surface area (Å²) in [6.07, 6.45) is 0. The average Bonchev–Trinajstić information content (AvgIpc) is 2.37. The summed E-state index contributed by atoms with van der Waals surface area (Å²) in [6, 6.07) is 8.30. The van der Waals surface area contributed by atoms with Gasteiger partial charge in [-0.1, -0.05) is 30.4 Å². The Balaban J connectivity index is 2.36. The molecule has 0 saturated carbocycles. The third kappa shape index (κ3) is 4.90. The molecule has 3 heteroatoms. The van der Waals surface area contributed by atoms with Gasteiger partial charge in [0.1, 0.15) is 5.75 Å². The van der Waals surface area contributed by atoms with Crippen LogP contribution in [0.3, 0.4) is 0 Å². The van der Waals surface area contributed by atoms with Gasteiger partial charge in [0.05, 0.1) is 20.3 Å². The predicted molar refractivity (Wildman–Crippen MR) is 75.0 cm³/mol. The van der Waals surface area contributed by atoms with E-state index < -0.39 is 0 Å². The van der Waals surface area contributed by atoms with Crippen LogP contribution in [-0.4, -0.2) is 26.9 Å². The van der Waals surface area contributed by atoms with Gasteiger partial charge >= 0.3 is 0 Å². The lowest BCUT2D eigenvalue weighted by molar-refractivity contribution is 0.155. The number of ether oxygens (including phenoxy) is 2. The zero-order valence-electron chi connectivity index (χ0n) is 11.5. The molecule has 18 heavy (non-hydrogen) atoms. The quantitative estimate of drug-likeness (QED) is 0.567. The summed E-state index contributed by atoms with van der Waals surface area (Å²) in [5, 5.41) is 3.41. The maximum Gasteiger partial charge on any atom is 0.123 e. The fourth-order valence-corrected chi connectivity index (χ4v) is 1.73. The molecule has 1 N–H and O–H groups in total. The van der Waals surface area contributed by atoms with Crippen LogP contribution in [0, 0.1) is 0 Å². The molecular weight excluding hydrogens is 226 g/mol. The van der Waals surface area contributed by atoms with E-state index in [1.165, 1.54) is 5.56 Å². The highest BCUT2D eigenvalue weighted by molar-refractivity contribution is 5.35. The number of methoxy groups -OCH3 is 1. The summed E-state index contributed by atoms with van der Waals surface area (Å²) in [6.45, 7) is 10.0. The highest BCUT2D eigenvalue weighted by Gasteiger charge is 2.09. The van der Waals surface area contributed by atoms with Crippen molar-refractivity contribution in [2.24, 2.45) is 0 Å². The van der Waals surface area contributed by atoms with Gasteiger partial charge in [0, 0.05) is 18.2 Å². The maximum absolute atomic E-state index is 5.44. The van der Waals surface area contributed by atoms with Crippen molar-refractivity contribution in [3.8, 4) is 5.75 Å². The fraction of sp³-hybridized carbons (Fsp3) is 0.467. The number of rotatable bonds is 8. The van der Waals surface area contributed by atoms with E-state index in [0.29, 0.717) is 13.2 Å². The van der Waals surface area contributed by atoms with E-state index in [2.05, 4.69) is 24.9 Å². The van der Waals surface area contributed by atoms with Crippen LogP contribution in [0.15, 0.2) is 36.4 Å². The first-order chi connectivity index (χ1) is 8.65. The van der Waals surface area contributed by atoms with Crippen molar-refractivity contribution in [2.45, 2.75) is 19.9 Å². The van der Waals surface area contributed by atoms with Crippen LogP contribution < -0.4 is 10.1 Å². The summed E-state index contributed by atoms with van der Waals surface area (Å²) >= 11 is 0. The van der Waals surface area contributed by atoms with E-state index in [-0.39, 0.29) is 6.04 Å². The summed E-state index contributed by atoms with van der Waals surface area (Å²) in [7, 11) is 1.70. The van der Waals surface area contributed by atoms with E-state index in [9.17, 15) is 0 Å².